The van der Waals surface area contributed by atoms with Crippen molar-refractivity contribution in [2.24, 2.45) is 0 Å². The Morgan fingerprint density at radius 3 is 2.95 bits per heavy atom. The largest absolute Gasteiger partial charge is 0.504 e. The number of benzene rings is 1. The van der Waals surface area contributed by atoms with Crippen molar-refractivity contribution in [2.45, 2.75) is 37.8 Å². The molecule has 108 valence electrons. The van der Waals surface area contributed by atoms with Crippen LogP contribution in [0.1, 0.15) is 36.0 Å². The summed E-state index contributed by atoms with van der Waals surface area (Å²) in [5, 5.41) is 22.1. The van der Waals surface area contributed by atoms with Gasteiger partial charge in [0.2, 0.25) is 0 Å². The number of carbonyl (C=O) groups excluding carboxylic acids is 1. The van der Waals surface area contributed by atoms with Gasteiger partial charge in [0.05, 0.1) is 5.56 Å². The Labute approximate surface area is 118 Å². The van der Waals surface area contributed by atoms with Crippen molar-refractivity contribution in [3.8, 4) is 11.5 Å². The minimum Gasteiger partial charge on any atom is -0.504 e. The smallest absolute Gasteiger partial charge is 0.255 e. The van der Waals surface area contributed by atoms with Crippen LogP contribution in [0.3, 0.4) is 0 Å². The number of phenolic OH excluding ortho intramolecular Hbond substituents is 2. The molecule has 5 nitrogen and oxygen atoms in total. The third-order valence-corrected chi connectivity index (χ3v) is 4.42. The molecule has 0 saturated carbocycles. The normalized spacial score (nSPS) is 26.2. The standard InChI is InChI=1S/C15H20N2O3/c18-13-5-1-4-12(14(13)19)15(20)16-10-6-8-17-7-2-3-11(17)9-10/h1,4-5,10-11,18-19H,2-3,6-9H2,(H,16,20). The highest BCUT2D eigenvalue weighted by molar-refractivity contribution is 5.97. The van der Waals surface area contributed by atoms with E-state index in [9.17, 15) is 15.0 Å². The van der Waals surface area contributed by atoms with Gasteiger partial charge < -0.3 is 20.4 Å². The quantitative estimate of drug-likeness (QED) is 0.715. The van der Waals surface area contributed by atoms with E-state index in [1.807, 2.05) is 0 Å². The molecule has 5 heteroatoms. The Morgan fingerprint density at radius 2 is 2.10 bits per heavy atom. The molecule has 0 radical (unpaired) electrons. The van der Waals surface area contributed by atoms with Crippen molar-refractivity contribution in [1.29, 1.82) is 0 Å². The number of hydrogen-bond donors (Lipinski definition) is 3. The first-order valence-corrected chi connectivity index (χ1v) is 7.21. The molecule has 3 rings (SSSR count). The van der Waals surface area contributed by atoms with Crippen molar-refractivity contribution in [3.63, 3.8) is 0 Å². The molecule has 0 aromatic heterocycles. The molecule has 2 saturated heterocycles. The molecule has 2 heterocycles. The van der Waals surface area contributed by atoms with Gasteiger partial charge in [-0.2, -0.15) is 0 Å². The zero-order valence-corrected chi connectivity index (χ0v) is 11.4. The molecule has 0 aliphatic carbocycles. The number of nitrogens with zero attached hydrogens (tertiary/aromatic N) is 1. The summed E-state index contributed by atoms with van der Waals surface area (Å²) in [6.45, 7) is 2.21. The number of fused-ring (bicyclic) bond motifs is 1. The fourth-order valence-electron chi connectivity index (χ4n) is 3.33. The Kier molecular flexibility index (Phi) is 3.53. The first-order chi connectivity index (χ1) is 9.65. The second-order valence-electron chi connectivity index (χ2n) is 5.70. The van der Waals surface area contributed by atoms with E-state index in [1.54, 1.807) is 6.07 Å². The molecule has 20 heavy (non-hydrogen) atoms. The van der Waals surface area contributed by atoms with Crippen LogP contribution in [-0.4, -0.2) is 46.2 Å². The third kappa shape index (κ3) is 2.45. The van der Waals surface area contributed by atoms with E-state index >= 15 is 0 Å². The number of para-hydroxylation sites is 1. The van der Waals surface area contributed by atoms with Gasteiger partial charge in [0.15, 0.2) is 11.5 Å². The maximum absolute atomic E-state index is 12.2. The molecule has 3 N–H and O–H groups in total. The molecule has 1 aromatic rings. The highest BCUT2D eigenvalue weighted by Gasteiger charge is 2.32. The van der Waals surface area contributed by atoms with Crippen LogP contribution in [0.4, 0.5) is 0 Å². The molecular formula is C15H20N2O3. The summed E-state index contributed by atoms with van der Waals surface area (Å²) >= 11 is 0. The third-order valence-electron chi connectivity index (χ3n) is 4.42. The summed E-state index contributed by atoms with van der Waals surface area (Å²) in [6.07, 6.45) is 4.38. The fourth-order valence-corrected chi connectivity index (χ4v) is 3.33. The van der Waals surface area contributed by atoms with Crippen LogP contribution in [-0.2, 0) is 0 Å². The first-order valence-electron chi connectivity index (χ1n) is 7.21. The van der Waals surface area contributed by atoms with Gasteiger partial charge in [-0.3, -0.25) is 4.79 Å². The zero-order chi connectivity index (χ0) is 14.1. The molecule has 0 spiro atoms. The maximum Gasteiger partial charge on any atom is 0.255 e. The van der Waals surface area contributed by atoms with Gasteiger partial charge in [-0.05, 0) is 44.4 Å². The predicted molar refractivity (Wildman–Crippen MR) is 74.9 cm³/mol. The Morgan fingerprint density at radius 1 is 1.25 bits per heavy atom. The number of nitrogens with one attached hydrogen (secondary N) is 1. The number of rotatable bonds is 2. The van der Waals surface area contributed by atoms with Crippen molar-refractivity contribution >= 4 is 5.91 Å². The summed E-state index contributed by atoms with van der Waals surface area (Å²) in [5.74, 6) is -0.915. The molecule has 2 fully saturated rings. The van der Waals surface area contributed by atoms with Crippen LogP contribution in [0.5, 0.6) is 11.5 Å². The van der Waals surface area contributed by atoms with Crippen LogP contribution in [0.25, 0.3) is 0 Å². The lowest BCUT2D eigenvalue weighted by Crippen LogP contribution is -2.47. The second-order valence-corrected chi connectivity index (χ2v) is 5.70. The van der Waals surface area contributed by atoms with Crippen LogP contribution >= 0.6 is 0 Å². The Bertz CT molecular complexity index is 518. The molecule has 2 unspecified atom stereocenters. The molecule has 1 aromatic carbocycles. The first kappa shape index (κ1) is 13.2. The van der Waals surface area contributed by atoms with Gasteiger partial charge in [0, 0.05) is 18.6 Å². The zero-order valence-electron chi connectivity index (χ0n) is 11.4. The van der Waals surface area contributed by atoms with E-state index in [4.69, 9.17) is 0 Å². The number of aromatic hydroxyl groups is 2. The van der Waals surface area contributed by atoms with Crippen LogP contribution in [0, 0.1) is 0 Å². The maximum atomic E-state index is 12.2. The molecule has 2 atom stereocenters. The minimum atomic E-state index is -0.344. The number of phenols is 2. The lowest BCUT2D eigenvalue weighted by Gasteiger charge is -2.35. The number of amides is 1. The lowest BCUT2D eigenvalue weighted by molar-refractivity contribution is 0.0893. The SMILES string of the molecule is O=C(NC1CCN2CCCC2C1)c1cccc(O)c1O. The van der Waals surface area contributed by atoms with Gasteiger partial charge in [0.1, 0.15) is 0 Å². The van der Waals surface area contributed by atoms with Gasteiger partial charge in [-0.25, -0.2) is 0 Å². The average Bonchev–Trinajstić information content (AvgIpc) is 2.89. The summed E-state index contributed by atoms with van der Waals surface area (Å²) in [5.41, 5.74) is 0.138. The fraction of sp³-hybridized carbons (Fsp3) is 0.533. The molecule has 0 bridgehead atoms. The lowest BCUT2D eigenvalue weighted by atomic mass is 9.97. The van der Waals surface area contributed by atoms with Gasteiger partial charge in [0.25, 0.3) is 5.91 Å². The van der Waals surface area contributed by atoms with Crippen LogP contribution in [0.2, 0.25) is 0 Å². The summed E-state index contributed by atoms with van der Waals surface area (Å²) < 4.78 is 0. The summed E-state index contributed by atoms with van der Waals surface area (Å²) in [7, 11) is 0. The second kappa shape index (κ2) is 5.32. The molecule has 1 amide bonds. The minimum absolute atomic E-state index is 0.138. The molecular weight excluding hydrogens is 256 g/mol. The van der Waals surface area contributed by atoms with E-state index in [-0.39, 0.29) is 29.0 Å². The van der Waals surface area contributed by atoms with Gasteiger partial charge >= 0.3 is 0 Å². The highest BCUT2D eigenvalue weighted by Crippen LogP contribution is 2.30. The number of hydrogen-bond acceptors (Lipinski definition) is 4. The number of piperidine rings is 1. The van der Waals surface area contributed by atoms with Crippen molar-refractivity contribution in [1.82, 2.24) is 10.2 Å². The van der Waals surface area contributed by atoms with Crippen molar-refractivity contribution in [3.05, 3.63) is 23.8 Å². The van der Waals surface area contributed by atoms with Gasteiger partial charge in [-0.15, -0.1) is 0 Å². The monoisotopic (exact) mass is 276 g/mol. The number of carbonyl (C=O) groups is 1. The predicted octanol–water partition coefficient (Wildman–Crippen LogP) is 1.45. The summed E-state index contributed by atoms with van der Waals surface area (Å²) in [4.78, 5) is 14.7. The van der Waals surface area contributed by atoms with E-state index in [0.717, 1.165) is 19.4 Å². The van der Waals surface area contributed by atoms with Crippen molar-refractivity contribution < 1.29 is 15.0 Å². The van der Waals surface area contributed by atoms with Crippen molar-refractivity contribution in [2.75, 3.05) is 13.1 Å². The van der Waals surface area contributed by atoms with Crippen LogP contribution in [0.15, 0.2) is 18.2 Å². The summed E-state index contributed by atoms with van der Waals surface area (Å²) in [6, 6.07) is 5.19. The molecule has 2 aliphatic heterocycles. The topological polar surface area (TPSA) is 72.8 Å². The van der Waals surface area contributed by atoms with Crippen LogP contribution < -0.4 is 5.32 Å². The Balaban J connectivity index is 1.65. The van der Waals surface area contributed by atoms with E-state index in [2.05, 4.69) is 10.2 Å². The van der Waals surface area contributed by atoms with E-state index in [0.29, 0.717) is 6.04 Å². The highest BCUT2D eigenvalue weighted by atomic mass is 16.3. The Hall–Kier alpha value is -1.75. The van der Waals surface area contributed by atoms with E-state index in [1.165, 1.54) is 31.5 Å². The van der Waals surface area contributed by atoms with E-state index < -0.39 is 0 Å². The van der Waals surface area contributed by atoms with Gasteiger partial charge in [-0.1, -0.05) is 6.07 Å². The average molecular weight is 276 g/mol. The molecule has 2 aliphatic rings.